The number of hydrogen-bond acceptors (Lipinski definition) is 3. The van der Waals surface area contributed by atoms with Crippen molar-refractivity contribution in [3.05, 3.63) is 34.9 Å². The molecule has 0 spiro atoms. The maximum atomic E-state index is 14.2. The average Bonchev–Trinajstić information content (AvgIpc) is 3.05. The van der Waals surface area contributed by atoms with Gasteiger partial charge in [-0.2, -0.15) is 0 Å². The van der Waals surface area contributed by atoms with Crippen molar-refractivity contribution in [2.24, 2.45) is 5.92 Å². The van der Waals surface area contributed by atoms with Crippen LogP contribution in [-0.4, -0.2) is 64.5 Å². The number of amides is 2. The molecule has 0 saturated carbocycles. The third-order valence-corrected chi connectivity index (χ3v) is 5.32. The molecule has 26 heavy (non-hydrogen) atoms. The summed E-state index contributed by atoms with van der Waals surface area (Å²) in [5, 5.41) is 9.50. The van der Waals surface area contributed by atoms with Crippen LogP contribution >= 0.6 is 11.6 Å². The molecule has 0 bridgehead atoms. The maximum Gasteiger partial charge on any atom is 0.343 e. The van der Waals surface area contributed by atoms with Gasteiger partial charge < -0.3 is 14.9 Å². The molecule has 0 aromatic heterocycles. The number of nitrogens with zero attached hydrogens (tertiary/aromatic N) is 2. The molecular formula is C18H20ClFN2O4. The van der Waals surface area contributed by atoms with Gasteiger partial charge in [0.15, 0.2) is 0 Å². The lowest BCUT2D eigenvalue weighted by Gasteiger charge is -2.34. The van der Waals surface area contributed by atoms with Gasteiger partial charge in [0.25, 0.3) is 5.91 Å². The summed E-state index contributed by atoms with van der Waals surface area (Å²) in [4.78, 5) is 39.2. The van der Waals surface area contributed by atoms with E-state index in [1.165, 1.54) is 4.90 Å². The monoisotopic (exact) mass is 382 g/mol. The minimum absolute atomic E-state index is 0.0866. The van der Waals surface area contributed by atoms with Crippen LogP contribution in [0.15, 0.2) is 24.3 Å². The average molecular weight is 383 g/mol. The Morgan fingerprint density at radius 1 is 1.15 bits per heavy atom. The molecule has 2 amide bonds. The van der Waals surface area contributed by atoms with Crippen LogP contribution in [0.3, 0.4) is 0 Å². The van der Waals surface area contributed by atoms with Crippen LogP contribution in [0.25, 0.3) is 0 Å². The molecule has 0 aliphatic carbocycles. The van der Waals surface area contributed by atoms with Gasteiger partial charge in [0, 0.05) is 36.6 Å². The Labute approximate surface area is 155 Å². The van der Waals surface area contributed by atoms with Crippen molar-refractivity contribution in [2.45, 2.75) is 24.9 Å². The number of carboxylic acids is 1. The number of aliphatic carboxylic acids is 1. The van der Waals surface area contributed by atoms with Gasteiger partial charge in [0.1, 0.15) is 0 Å². The second-order valence-electron chi connectivity index (χ2n) is 6.88. The molecule has 8 heteroatoms. The van der Waals surface area contributed by atoms with E-state index in [0.717, 1.165) is 0 Å². The van der Waals surface area contributed by atoms with Crippen molar-refractivity contribution in [2.75, 3.05) is 26.2 Å². The summed E-state index contributed by atoms with van der Waals surface area (Å²) in [5.41, 5.74) is -1.87. The predicted molar refractivity (Wildman–Crippen MR) is 92.8 cm³/mol. The molecule has 2 saturated heterocycles. The van der Waals surface area contributed by atoms with Crippen molar-refractivity contribution in [3.63, 3.8) is 0 Å². The summed E-state index contributed by atoms with van der Waals surface area (Å²) in [6.45, 7) is 0.461. The van der Waals surface area contributed by atoms with Crippen LogP contribution in [0, 0.1) is 5.92 Å². The smallest absolute Gasteiger partial charge is 0.343 e. The Balaban J connectivity index is 1.65. The zero-order valence-electron chi connectivity index (χ0n) is 14.2. The zero-order chi connectivity index (χ0) is 18.9. The highest BCUT2D eigenvalue weighted by Gasteiger charge is 2.48. The highest BCUT2D eigenvalue weighted by Crippen LogP contribution is 2.29. The Morgan fingerprint density at radius 2 is 1.85 bits per heavy atom. The summed E-state index contributed by atoms with van der Waals surface area (Å²) in [6, 6.07) is 6.55. The molecule has 140 valence electrons. The van der Waals surface area contributed by atoms with E-state index in [4.69, 9.17) is 16.7 Å². The Morgan fingerprint density at radius 3 is 2.46 bits per heavy atom. The molecule has 2 fully saturated rings. The lowest BCUT2D eigenvalue weighted by atomic mass is 9.96. The molecule has 3 rings (SSSR count). The van der Waals surface area contributed by atoms with Crippen molar-refractivity contribution in [3.8, 4) is 0 Å². The number of alkyl halides is 1. The van der Waals surface area contributed by atoms with E-state index in [1.54, 1.807) is 29.2 Å². The predicted octanol–water partition coefficient (Wildman–Crippen LogP) is 2.22. The van der Waals surface area contributed by atoms with Gasteiger partial charge in [-0.25, -0.2) is 9.18 Å². The number of carboxylic acid groups (broad SMARTS) is 1. The molecule has 1 aromatic carbocycles. The fraction of sp³-hybridized carbons (Fsp3) is 0.500. The molecular weight excluding hydrogens is 363 g/mol. The van der Waals surface area contributed by atoms with E-state index >= 15 is 0 Å². The van der Waals surface area contributed by atoms with E-state index in [-0.39, 0.29) is 31.3 Å². The second-order valence-corrected chi connectivity index (χ2v) is 7.31. The summed E-state index contributed by atoms with van der Waals surface area (Å²) < 4.78 is 14.2. The van der Waals surface area contributed by atoms with Crippen molar-refractivity contribution in [1.82, 2.24) is 9.80 Å². The first-order valence-corrected chi connectivity index (χ1v) is 8.94. The first kappa shape index (κ1) is 18.6. The van der Waals surface area contributed by atoms with E-state index in [0.29, 0.717) is 30.0 Å². The van der Waals surface area contributed by atoms with E-state index in [2.05, 4.69) is 0 Å². The number of rotatable bonds is 3. The van der Waals surface area contributed by atoms with E-state index in [1.807, 2.05) is 0 Å². The quantitative estimate of drug-likeness (QED) is 0.869. The number of benzene rings is 1. The van der Waals surface area contributed by atoms with Crippen molar-refractivity contribution >= 4 is 29.4 Å². The van der Waals surface area contributed by atoms with Crippen LogP contribution in [0.1, 0.15) is 29.6 Å². The number of likely N-dealkylation sites (tertiary alicyclic amines) is 2. The van der Waals surface area contributed by atoms with Gasteiger partial charge >= 0.3 is 5.97 Å². The zero-order valence-corrected chi connectivity index (χ0v) is 14.9. The van der Waals surface area contributed by atoms with Crippen molar-refractivity contribution < 1.29 is 23.9 Å². The summed E-state index contributed by atoms with van der Waals surface area (Å²) in [7, 11) is 0. The summed E-state index contributed by atoms with van der Waals surface area (Å²) >= 11 is 5.84. The molecule has 1 aromatic rings. The Bertz CT molecular complexity index is 726. The highest BCUT2D eigenvalue weighted by atomic mass is 35.5. The molecule has 6 nitrogen and oxygen atoms in total. The first-order chi connectivity index (χ1) is 12.3. The van der Waals surface area contributed by atoms with Crippen LogP contribution < -0.4 is 0 Å². The van der Waals surface area contributed by atoms with Gasteiger partial charge in [-0.3, -0.25) is 9.59 Å². The van der Waals surface area contributed by atoms with E-state index < -0.39 is 24.1 Å². The van der Waals surface area contributed by atoms with Crippen LogP contribution in [-0.2, 0) is 9.59 Å². The number of halogens is 2. The van der Waals surface area contributed by atoms with Gasteiger partial charge in [0.05, 0.1) is 12.5 Å². The highest BCUT2D eigenvalue weighted by molar-refractivity contribution is 6.30. The second kappa shape index (κ2) is 7.23. The fourth-order valence-corrected chi connectivity index (χ4v) is 3.66. The number of hydrogen-bond donors (Lipinski definition) is 1. The van der Waals surface area contributed by atoms with E-state index in [9.17, 15) is 18.8 Å². The standard InChI is InChI=1S/C18H20ClFN2O4/c19-14-5-3-12(4-6-14)15(23)21-8-1-2-13(10-21)16(24)22-9-7-18(20,11-22)17(25)26/h3-6,13H,1-2,7-11H2,(H,25,26). The Hall–Kier alpha value is -2.15. The van der Waals surface area contributed by atoms with Crippen LogP contribution in [0.5, 0.6) is 0 Å². The van der Waals surface area contributed by atoms with Crippen LogP contribution in [0.2, 0.25) is 5.02 Å². The molecule has 0 radical (unpaired) electrons. The lowest BCUT2D eigenvalue weighted by Crippen LogP contribution is -2.47. The largest absolute Gasteiger partial charge is 0.479 e. The topological polar surface area (TPSA) is 77.9 Å². The molecule has 2 aliphatic rings. The normalized spacial score (nSPS) is 26.0. The third-order valence-electron chi connectivity index (χ3n) is 5.06. The SMILES string of the molecule is O=C(c1ccc(Cl)cc1)N1CCCC(C(=O)N2CCC(F)(C(=O)O)C2)C1. The van der Waals surface area contributed by atoms with Gasteiger partial charge in [-0.15, -0.1) is 0 Å². The maximum absolute atomic E-state index is 14.2. The molecule has 2 heterocycles. The fourth-order valence-electron chi connectivity index (χ4n) is 3.53. The van der Waals surface area contributed by atoms with Gasteiger partial charge in [-0.1, -0.05) is 11.6 Å². The number of carbonyl (C=O) groups is 3. The van der Waals surface area contributed by atoms with Crippen molar-refractivity contribution in [1.29, 1.82) is 0 Å². The minimum atomic E-state index is -2.37. The first-order valence-electron chi connectivity index (χ1n) is 8.56. The lowest BCUT2D eigenvalue weighted by molar-refractivity contribution is -0.150. The third kappa shape index (κ3) is 3.67. The van der Waals surface area contributed by atoms with Gasteiger partial charge in [-0.05, 0) is 37.1 Å². The minimum Gasteiger partial charge on any atom is -0.479 e. The molecule has 1 N–H and O–H groups in total. The number of carbonyl (C=O) groups excluding carboxylic acids is 2. The van der Waals surface area contributed by atoms with Crippen LogP contribution in [0.4, 0.5) is 4.39 Å². The molecule has 2 unspecified atom stereocenters. The molecule has 2 aliphatic heterocycles. The molecule has 2 atom stereocenters. The van der Waals surface area contributed by atoms with Gasteiger partial charge in [0.2, 0.25) is 11.6 Å². The summed E-state index contributed by atoms with van der Waals surface area (Å²) in [5.74, 6) is -2.42. The number of piperidine rings is 1. The Kier molecular flexibility index (Phi) is 5.18. The summed E-state index contributed by atoms with van der Waals surface area (Å²) in [6.07, 6.45) is 1.07.